The van der Waals surface area contributed by atoms with Gasteiger partial charge in [-0.25, -0.2) is 8.42 Å². The smallest absolute Gasteiger partial charge is 0.243 e. The van der Waals surface area contributed by atoms with Gasteiger partial charge in [0.05, 0.1) is 49.2 Å². The van der Waals surface area contributed by atoms with Crippen molar-refractivity contribution in [2.45, 2.75) is 17.9 Å². The van der Waals surface area contributed by atoms with E-state index >= 15 is 0 Å². The largest absolute Gasteiger partial charge is 0.379 e. The first-order chi connectivity index (χ1) is 16.4. The monoisotopic (exact) mass is 488 g/mol. The van der Waals surface area contributed by atoms with Gasteiger partial charge >= 0.3 is 0 Å². The zero-order chi connectivity index (χ0) is 24.0. The Labute approximate surface area is 201 Å². The molecule has 34 heavy (non-hydrogen) atoms. The Morgan fingerprint density at radius 2 is 1.62 bits per heavy atom. The van der Waals surface area contributed by atoms with E-state index in [2.05, 4.69) is 15.5 Å². The van der Waals surface area contributed by atoms with Crippen molar-refractivity contribution in [3.05, 3.63) is 54.1 Å². The SMILES string of the molecule is C[C@H](NCC(=O)Nc1cc(S(=O)(=O)N2CCOCC2)ccc1N1CCOCC1)c1ccccc1. The van der Waals surface area contributed by atoms with Crippen molar-refractivity contribution in [3.8, 4) is 0 Å². The van der Waals surface area contributed by atoms with Crippen LogP contribution in [0, 0.1) is 0 Å². The molecule has 2 aliphatic rings. The Kier molecular flexibility index (Phi) is 8.17. The molecule has 0 saturated carbocycles. The molecule has 2 saturated heterocycles. The number of anilines is 2. The van der Waals surface area contributed by atoms with Crippen molar-refractivity contribution in [1.29, 1.82) is 0 Å². The standard InChI is InChI=1S/C24H32N4O5S/c1-19(20-5-3-2-4-6-20)25-18-24(29)26-22-17-21(34(30,31)28-11-15-33-16-12-28)7-8-23(22)27-9-13-32-14-10-27/h2-8,17,19,25H,9-16,18H2,1H3,(H,26,29)/t19-/m0/s1. The maximum Gasteiger partial charge on any atom is 0.243 e. The minimum Gasteiger partial charge on any atom is -0.379 e. The number of carbonyl (C=O) groups excluding carboxylic acids is 1. The van der Waals surface area contributed by atoms with Gasteiger partial charge in [-0.3, -0.25) is 4.79 Å². The normalized spacial score (nSPS) is 18.4. The highest BCUT2D eigenvalue weighted by Crippen LogP contribution is 2.31. The number of hydrogen-bond acceptors (Lipinski definition) is 7. The van der Waals surface area contributed by atoms with Gasteiger partial charge in [-0.1, -0.05) is 30.3 Å². The van der Waals surface area contributed by atoms with Crippen molar-refractivity contribution in [3.63, 3.8) is 0 Å². The van der Waals surface area contributed by atoms with Gasteiger partial charge in [0.15, 0.2) is 0 Å². The van der Waals surface area contributed by atoms with Gasteiger partial charge in [-0.05, 0) is 30.7 Å². The number of morpholine rings is 2. The fraction of sp³-hybridized carbons (Fsp3) is 0.458. The number of hydrogen-bond donors (Lipinski definition) is 2. The van der Waals surface area contributed by atoms with Crippen LogP contribution in [0.25, 0.3) is 0 Å². The topological polar surface area (TPSA) is 100 Å². The second-order valence-corrected chi connectivity index (χ2v) is 10.3. The molecule has 0 radical (unpaired) electrons. The summed E-state index contributed by atoms with van der Waals surface area (Å²) in [6.45, 7) is 5.97. The highest BCUT2D eigenvalue weighted by Gasteiger charge is 2.28. The van der Waals surface area contributed by atoms with E-state index in [-0.39, 0.29) is 23.4 Å². The maximum absolute atomic E-state index is 13.2. The van der Waals surface area contributed by atoms with E-state index in [4.69, 9.17) is 9.47 Å². The zero-order valence-electron chi connectivity index (χ0n) is 19.4. The molecule has 0 aliphatic carbocycles. The van der Waals surface area contributed by atoms with E-state index in [1.807, 2.05) is 37.3 Å². The lowest BCUT2D eigenvalue weighted by Crippen LogP contribution is -2.40. The molecule has 4 rings (SSSR count). The summed E-state index contributed by atoms with van der Waals surface area (Å²) in [4.78, 5) is 15.1. The summed E-state index contributed by atoms with van der Waals surface area (Å²) in [6.07, 6.45) is 0. The zero-order valence-corrected chi connectivity index (χ0v) is 20.2. The number of carbonyl (C=O) groups is 1. The van der Waals surface area contributed by atoms with Crippen LogP contribution in [0.15, 0.2) is 53.4 Å². The van der Waals surface area contributed by atoms with Crippen molar-refractivity contribution >= 4 is 27.3 Å². The lowest BCUT2D eigenvalue weighted by atomic mass is 10.1. The fourth-order valence-corrected chi connectivity index (χ4v) is 5.53. The molecule has 2 heterocycles. The quantitative estimate of drug-likeness (QED) is 0.585. The predicted octanol–water partition coefficient (Wildman–Crippen LogP) is 1.83. The van der Waals surface area contributed by atoms with Crippen LogP contribution in [0.5, 0.6) is 0 Å². The summed E-state index contributed by atoms with van der Waals surface area (Å²) in [5.41, 5.74) is 2.35. The minimum absolute atomic E-state index is 0.00121. The molecular formula is C24H32N4O5S. The van der Waals surface area contributed by atoms with E-state index in [0.29, 0.717) is 58.3 Å². The molecule has 9 nitrogen and oxygen atoms in total. The van der Waals surface area contributed by atoms with E-state index in [1.54, 1.807) is 18.2 Å². The number of nitrogens with one attached hydrogen (secondary N) is 2. The maximum atomic E-state index is 13.2. The van der Waals surface area contributed by atoms with Crippen molar-refractivity contribution in [2.24, 2.45) is 0 Å². The third-order valence-corrected chi connectivity index (χ3v) is 7.96. The molecule has 0 unspecified atom stereocenters. The Hall–Kier alpha value is -2.50. The Bertz CT molecular complexity index is 1070. The number of amides is 1. The van der Waals surface area contributed by atoms with Gasteiger partial charge in [-0.2, -0.15) is 4.31 Å². The molecule has 10 heteroatoms. The number of nitrogens with zero attached hydrogens (tertiary/aromatic N) is 2. The van der Waals surface area contributed by atoms with Gasteiger partial charge < -0.3 is 25.0 Å². The van der Waals surface area contributed by atoms with Crippen LogP contribution in [-0.2, 0) is 24.3 Å². The molecule has 184 valence electrons. The summed E-state index contributed by atoms with van der Waals surface area (Å²) in [5.74, 6) is -0.238. The van der Waals surface area contributed by atoms with E-state index in [9.17, 15) is 13.2 Å². The van der Waals surface area contributed by atoms with Gasteiger partial charge in [0, 0.05) is 32.2 Å². The van der Waals surface area contributed by atoms with E-state index in [1.165, 1.54) is 4.31 Å². The van der Waals surface area contributed by atoms with Crippen LogP contribution in [0.3, 0.4) is 0 Å². The summed E-state index contributed by atoms with van der Waals surface area (Å²) in [5, 5.41) is 6.17. The van der Waals surface area contributed by atoms with Crippen molar-refractivity contribution in [1.82, 2.24) is 9.62 Å². The molecule has 2 fully saturated rings. The fourth-order valence-electron chi connectivity index (χ4n) is 4.09. The van der Waals surface area contributed by atoms with Gasteiger partial charge in [-0.15, -0.1) is 0 Å². The highest BCUT2D eigenvalue weighted by molar-refractivity contribution is 7.89. The Balaban J connectivity index is 1.52. The van der Waals surface area contributed by atoms with Crippen LogP contribution in [-0.4, -0.2) is 77.8 Å². The van der Waals surface area contributed by atoms with Gasteiger partial charge in [0.25, 0.3) is 0 Å². The number of benzene rings is 2. The van der Waals surface area contributed by atoms with Gasteiger partial charge in [0.2, 0.25) is 15.9 Å². The Morgan fingerprint density at radius 3 is 2.29 bits per heavy atom. The molecular weight excluding hydrogens is 456 g/mol. The average Bonchev–Trinajstić information content (AvgIpc) is 2.89. The number of sulfonamides is 1. The molecule has 2 N–H and O–H groups in total. The third-order valence-electron chi connectivity index (χ3n) is 6.07. The van der Waals surface area contributed by atoms with Crippen LogP contribution in [0.2, 0.25) is 0 Å². The van der Waals surface area contributed by atoms with Crippen molar-refractivity contribution < 1.29 is 22.7 Å². The summed E-state index contributed by atoms with van der Waals surface area (Å²) in [7, 11) is -3.69. The van der Waals surface area contributed by atoms with Gasteiger partial charge in [0.1, 0.15) is 0 Å². The second-order valence-electron chi connectivity index (χ2n) is 8.36. The van der Waals surface area contributed by atoms with Crippen LogP contribution < -0.4 is 15.5 Å². The van der Waals surface area contributed by atoms with E-state index in [0.717, 1.165) is 11.3 Å². The van der Waals surface area contributed by atoms with Crippen LogP contribution in [0.4, 0.5) is 11.4 Å². The van der Waals surface area contributed by atoms with Crippen molar-refractivity contribution in [2.75, 3.05) is 69.4 Å². The highest BCUT2D eigenvalue weighted by atomic mass is 32.2. The average molecular weight is 489 g/mol. The molecule has 2 aromatic rings. The summed E-state index contributed by atoms with van der Waals surface area (Å²) in [6, 6.07) is 14.8. The molecule has 1 amide bonds. The first-order valence-electron chi connectivity index (χ1n) is 11.6. The van der Waals surface area contributed by atoms with E-state index < -0.39 is 10.0 Å². The third kappa shape index (κ3) is 5.94. The van der Waals surface area contributed by atoms with Crippen LogP contribution >= 0.6 is 0 Å². The second kappa shape index (κ2) is 11.3. The predicted molar refractivity (Wildman–Crippen MR) is 131 cm³/mol. The molecule has 0 aromatic heterocycles. The number of ether oxygens (including phenoxy) is 2. The number of rotatable bonds is 8. The Morgan fingerprint density at radius 1 is 0.971 bits per heavy atom. The summed E-state index contributed by atoms with van der Waals surface area (Å²) < 4.78 is 38.6. The lowest BCUT2D eigenvalue weighted by Gasteiger charge is -2.31. The molecule has 2 aliphatic heterocycles. The summed E-state index contributed by atoms with van der Waals surface area (Å²) >= 11 is 0. The van der Waals surface area contributed by atoms with Crippen LogP contribution in [0.1, 0.15) is 18.5 Å². The molecule has 0 bridgehead atoms. The first kappa shape index (κ1) is 24.6. The minimum atomic E-state index is -3.69. The lowest BCUT2D eigenvalue weighted by molar-refractivity contribution is -0.115. The molecule has 2 aromatic carbocycles. The first-order valence-corrected chi connectivity index (χ1v) is 13.0. The molecule has 1 atom stereocenters. The molecule has 0 spiro atoms.